The lowest BCUT2D eigenvalue weighted by Crippen LogP contribution is -2.30. The van der Waals surface area contributed by atoms with E-state index in [0.717, 1.165) is 11.0 Å². The van der Waals surface area contributed by atoms with Gasteiger partial charge in [-0.1, -0.05) is 0 Å². The predicted octanol–water partition coefficient (Wildman–Crippen LogP) is 3.38. The molecule has 0 bridgehead atoms. The van der Waals surface area contributed by atoms with Crippen LogP contribution in [0, 0.1) is 10.1 Å². The van der Waals surface area contributed by atoms with Gasteiger partial charge in [0.05, 0.1) is 15.8 Å². The number of halogens is 4. The number of nitrogens with zero attached hydrogens (tertiary/aromatic N) is 2. The first-order valence-corrected chi connectivity index (χ1v) is 6.17. The summed E-state index contributed by atoms with van der Waals surface area (Å²) in [6.45, 7) is -0.508. The molecular weight excluding hydrogens is 345 g/mol. The molecule has 9 heteroatoms. The average Bonchev–Trinajstić information content (AvgIpc) is 2.34. The van der Waals surface area contributed by atoms with E-state index in [4.69, 9.17) is 0 Å². The Morgan fingerprint density at radius 2 is 2.05 bits per heavy atom. The van der Waals surface area contributed by atoms with E-state index in [2.05, 4.69) is 15.9 Å². The molecule has 0 aliphatic heterocycles. The van der Waals surface area contributed by atoms with Crippen molar-refractivity contribution in [3.8, 4) is 0 Å². The standard InChI is InChI=1S/C11H10BrF3N2O3/c1-16(5-4-11(13,14)15)10(18)7-2-3-8(12)9(6-7)17(19)20/h2-3,6H,4-5H2,1H3. The summed E-state index contributed by atoms with van der Waals surface area (Å²) < 4.78 is 36.4. The maximum absolute atomic E-state index is 12.1. The van der Waals surface area contributed by atoms with E-state index in [9.17, 15) is 28.1 Å². The van der Waals surface area contributed by atoms with Crippen LogP contribution in [-0.2, 0) is 0 Å². The second kappa shape index (κ2) is 6.21. The van der Waals surface area contributed by atoms with Crippen molar-refractivity contribution in [2.75, 3.05) is 13.6 Å². The first-order valence-electron chi connectivity index (χ1n) is 5.38. The van der Waals surface area contributed by atoms with Gasteiger partial charge in [-0.3, -0.25) is 14.9 Å². The molecule has 0 fully saturated rings. The lowest BCUT2D eigenvalue weighted by Gasteiger charge is -2.18. The second-order valence-corrected chi connectivity index (χ2v) is 4.87. The Morgan fingerprint density at radius 3 is 2.55 bits per heavy atom. The fourth-order valence-electron chi connectivity index (χ4n) is 1.40. The summed E-state index contributed by atoms with van der Waals surface area (Å²) in [4.78, 5) is 22.8. The highest BCUT2D eigenvalue weighted by molar-refractivity contribution is 9.10. The van der Waals surface area contributed by atoms with Gasteiger partial charge in [-0.2, -0.15) is 13.2 Å². The third-order valence-corrected chi connectivity index (χ3v) is 3.14. The van der Waals surface area contributed by atoms with Crippen LogP contribution in [0.25, 0.3) is 0 Å². The van der Waals surface area contributed by atoms with Gasteiger partial charge in [0.1, 0.15) is 0 Å². The fraction of sp³-hybridized carbons (Fsp3) is 0.364. The minimum Gasteiger partial charge on any atom is -0.341 e. The molecule has 0 aliphatic carbocycles. The van der Waals surface area contributed by atoms with Gasteiger partial charge in [0.2, 0.25) is 0 Å². The summed E-state index contributed by atoms with van der Waals surface area (Å²) in [6, 6.07) is 3.64. The third-order valence-electron chi connectivity index (χ3n) is 2.47. The number of alkyl halides is 3. The van der Waals surface area contributed by atoms with Crippen molar-refractivity contribution in [2.45, 2.75) is 12.6 Å². The summed E-state index contributed by atoms with van der Waals surface area (Å²) in [7, 11) is 1.21. The normalized spacial score (nSPS) is 11.2. The highest BCUT2D eigenvalue weighted by atomic mass is 79.9. The van der Waals surface area contributed by atoms with Crippen LogP contribution in [0.3, 0.4) is 0 Å². The Balaban J connectivity index is 2.87. The Morgan fingerprint density at radius 1 is 1.45 bits per heavy atom. The summed E-state index contributed by atoms with van der Waals surface area (Å²) in [5.74, 6) is -0.704. The van der Waals surface area contributed by atoms with Crippen LogP contribution in [0.1, 0.15) is 16.8 Å². The molecule has 0 heterocycles. The molecule has 0 unspecified atom stereocenters. The predicted molar refractivity (Wildman–Crippen MR) is 68.4 cm³/mol. The van der Waals surface area contributed by atoms with Crippen LogP contribution in [0.4, 0.5) is 18.9 Å². The van der Waals surface area contributed by atoms with Crippen LogP contribution < -0.4 is 0 Å². The molecule has 1 rings (SSSR count). The van der Waals surface area contributed by atoms with E-state index in [-0.39, 0.29) is 15.7 Å². The van der Waals surface area contributed by atoms with Gasteiger partial charge in [-0.05, 0) is 28.1 Å². The summed E-state index contributed by atoms with van der Waals surface area (Å²) >= 11 is 2.96. The van der Waals surface area contributed by atoms with Crippen LogP contribution in [0.5, 0.6) is 0 Å². The maximum Gasteiger partial charge on any atom is 0.390 e. The molecule has 0 saturated carbocycles. The number of amides is 1. The van der Waals surface area contributed by atoms with Gasteiger partial charge in [-0.25, -0.2) is 0 Å². The fourth-order valence-corrected chi connectivity index (χ4v) is 1.79. The molecular formula is C11H10BrF3N2O3. The van der Waals surface area contributed by atoms with Crippen LogP contribution in [0.2, 0.25) is 0 Å². The zero-order valence-electron chi connectivity index (χ0n) is 10.3. The van der Waals surface area contributed by atoms with Gasteiger partial charge < -0.3 is 4.90 Å². The molecule has 1 amide bonds. The molecule has 5 nitrogen and oxygen atoms in total. The number of hydrogen-bond acceptors (Lipinski definition) is 3. The van der Waals surface area contributed by atoms with Gasteiger partial charge in [0, 0.05) is 25.2 Å². The number of rotatable bonds is 4. The minimum absolute atomic E-state index is 0.0374. The van der Waals surface area contributed by atoms with Gasteiger partial charge in [0.25, 0.3) is 11.6 Å². The average molecular weight is 355 g/mol. The van der Waals surface area contributed by atoms with E-state index in [1.807, 2.05) is 0 Å². The summed E-state index contributed by atoms with van der Waals surface area (Å²) in [5.41, 5.74) is -0.357. The van der Waals surface area contributed by atoms with Crippen LogP contribution in [0.15, 0.2) is 22.7 Å². The molecule has 0 N–H and O–H groups in total. The Bertz CT molecular complexity index is 534. The zero-order chi connectivity index (χ0) is 15.5. The number of nitro benzene ring substituents is 1. The molecule has 1 aromatic carbocycles. The Kier molecular flexibility index (Phi) is 5.09. The first kappa shape index (κ1) is 16.4. The second-order valence-electron chi connectivity index (χ2n) is 4.02. The van der Waals surface area contributed by atoms with Crippen molar-refractivity contribution in [3.05, 3.63) is 38.3 Å². The number of carbonyl (C=O) groups is 1. The lowest BCUT2D eigenvalue weighted by molar-refractivity contribution is -0.385. The smallest absolute Gasteiger partial charge is 0.341 e. The monoisotopic (exact) mass is 354 g/mol. The number of nitro groups is 1. The SMILES string of the molecule is CN(CCC(F)(F)F)C(=O)c1ccc(Br)c([N+](=O)[O-])c1. The van der Waals surface area contributed by atoms with E-state index in [0.29, 0.717) is 0 Å². The van der Waals surface area contributed by atoms with Gasteiger partial charge in [0.15, 0.2) is 0 Å². The number of benzene rings is 1. The van der Waals surface area contributed by atoms with Crippen molar-refractivity contribution in [1.29, 1.82) is 0 Å². The Labute approximate surface area is 120 Å². The highest BCUT2D eigenvalue weighted by Gasteiger charge is 2.28. The molecule has 1 aromatic rings. The quantitative estimate of drug-likeness (QED) is 0.615. The van der Waals surface area contributed by atoms with E-state index >= 15 is 0 Å². The molecule has 0 saturated heterocycles. The zero-order valence-corrected chi connectivity index (χ0v) is 11.9. The highest BCUT2D eigenvalue weighted by Crippen LogP contribution is 2.26. The Hall–Kier alpha value is -1.64. The first-order chi connectivity index (χ1) is 9.11. The molecule has 20 heavy (non-hydrogen) atoms. The van der Waals surface area contributed by atoms with E-state index < -0.39 is 30.0 Å². The van der Waals surface area contributed by atoms with Gasteiger partial charge >= 0.3 is 6.18 Å². The van der Waals surface area contributed by atoms with Gasteiger partial charge in [-0.15, -0.1) is 0 Å². The largest absolute Gasteiger partial charge is 0.390 e. The topological polar surface area (TPSA) is 63.5 Å². The number of carbonyl (C=O) groups excluding carboxylic acids is 1. The molecule has 0 spiro atoms. The lowest BCUT2D eigenvalue weighted by atomic mass is 10.1. The van der Waals surface area contributed by atoms with Crippen LogP contribution >= 0.6 is 15.9 Å². The van der Waals surface area contributed by atoms with Crippen molar-refractivity contribution >= 4 is 27.5 Å². The van der Waals surface area contributed by atoms with Crippen molar-refractivity contribution in [1.82, 2.24) is 4.90 Å². The van der Waals surface area contributed by atoms with Crippen molar-refractivity contribution in [2.24, 2.45) is 0 Å². The maximum atomic E-state index is 12.1. The van der Waals surface area contributed by atoms with E-state index in [1.54, 1.807) is 0 Å². The van der Waals surface area contributed by atoms with Crippen molar-refractivity contribution < 1.29 is 22.9 Å². The minimum atomic E-state index is -4.36. The molecule has 0 atom stereocenters. The van der Waals surface area contributed by atoms with Crippen LogP contribution in [-0.4, -0.2) is 35.5 Å². The summed E-state index contributed by atoms with van der Waals surface area (Å²) in [5, 5.41) is 10.7. The van der Waals surface area contributed by atoms with Crippen molar-refractivity contribution in [3.63, 3.8) is 0 Å². The van der Waals surface area contributed by atoms with E-state index in [1.165, 1.54) is 19.2 Å². The molecule has 0 aromatic heterocycles. The molecule has 0 aliphatic rings. The molecule has 110 valence electrons. The number of hydrogen-bond donors (Lipinski definition) is 0. The molecule has 0 radical (unpaired) electrons. The summed E-state index contributed by atoms with van der Waals surface area (Å²) in [6.07, 6.45) is -5.49. The third kappa shape index (κ3) is 4.48.